The van der Waals surface area contributed by atoms with Crippen LogP contribution in [-0.4, -0.2) is 56.5 Å². The second kappa shape index (κ2) is 6.65. The summed E-state index contributed by atoms with van der Waals surface area (Å²) in [5, 5.41) is 41.7. The Morgan fingerprint density at radius 2 is 1.75 bits per heavy atom. The summed E-state index contributed by atoms with van der Waals surface area (Å²) in [5.74, 6) is -8.09. The zero-order valence-corrected chi connectivity index (χ0v) is 17.4. The van der Waals surface area contributed by atoms with E-state index in [2.05, 4.69) is 0 Å². The maximum Gasteiger partial charge on any atom is 0.298 e. The van der Waals surface area contributed by atoms with Crippen molar-refractivity contribution in [3.05, 3.63) is 39.6 Å². The number of carbonyl (C=O) groups excluding carboxylic acids is 3. The number of halogens is 1. The first-order chi connectivity index (χ1) is 14.7. The summed E-state index contributed by atoms with van der Waals surface area (Å²) < 4.78 is 32.4. The molecule has 0 heterocycles. The molecule has 0 spiro atoms. The number of phenols is 2. The summed E-state index contributed by atoms with van der Waals surface area (Å²) in [5.41, 5.74) is 0.849. The molecule has 0 radical (unpaired) electrons. The molecule has 2 aliphatic carbocycles. The number of hydrogen-bond acceptors (Lipinski definition) is 9. The lowest BCUT2D eigenvalue weighted by molar-refractivity contribution is -0.125. The minimum absolute atomic E-state index is 0.0780. The van der Waals surface area contributed by atoms with Gasteiger partial charge in [-0.3, -0.25) is 18.9 Å². The number of Topliss-reactive ketones (excluding diaryl/α,β-unsaturated/α-hetero) is 2. The van der Waals surface area contributed by atoms with Gasteiger partial charge >= 0.3 is 0 Å². The number of aliphatic hydroxyl groups is 2. The topological polar surface area (TPSA) is 213 Å². The molecule has 7 N–H and O–H groups in total. The number of amides is 1. The molecule has 168 valence electrons. The molecule has 2 aliphatic rings. The summed E-state index contributed by atoms with van der Waals surface area (Å²) in [6, 6.07) is 1.99. The largest absolute Gasteiger partial charge is 0.508 e. The molecule has 32 heavy (non-hydrogen) atoms. The van der Waals surface area contributed by atoms with Crippen molar-refractivity contribution >= 4 is 50.0 Å². The second-order valence-corrected chi connectivity index (χ2v) is 9.37. The van der Waals surface area contributed by atoms with Crippen molar-refractivity contribution in [3.8, 4) is 11.5 Å². The summed E-state index contributed by atoms with van der Waals surface area (Å²) in [4.78, 5) is 36.0. The zero-order chi connectivity index (χ0) is 23.9. The number of aromatic hydroxyl groups is 2. The molecule has 0 saturated carbocycles. The minimum Gasteiger partial charge on any atom is -0.508 e. The Morgan fingerprint density at radius 3 is 2.31 bits per heavy atom. The third-order valence-corrected chi connectivity index (χ3v) is 7.01. The molecule has 13 heteroatoms. The van der Waals surface area contributed by atoms with Gasteiger partial charge in [-0.2, -0.15) is 8.42 Å². The van der Waals surface area contributed by atoms with Crippen LogP contribution in [0.4, 0.5) is 0 Å². The van der Waals surface area contributed by atoms with Gasteiger partial charge in [-0.25, -0.2) is 0 Å². The summed E-state index contributed by atoms with van der Waals surface area (Å²) in [7, 11) is -4.98. The van der Waals surface area contributed by atoms with Crippen LogP contribution in [0.1, 0.15) is 22.3 Å². The van der Waals surface area contributed by atoms with Crippen molar-refractivity contribution in [2.75, 3.05) is 0 Å². The normalized spacial score (nSPS) is 23.3. The van der Waals surface area contributed by atoms with Crippen LogP contribution in [0.2, 0.25) is 5.02 Å². The van der Waals surface area contributed by atoms with E-state index in [-0.39, 0.29) is 22.4 Å². The first-order valence-corrected chi connectivity index (χ1v) is 10.7. The average molecular weight is 484 g/mol. The predicted octanol–water partition coefficient (Wildman–Crippen LogP) is 0.507. The molecule has 0 fully saturated rings. The molecule has 2 aromatic rings. The number of carbonyl (C=O) groups is 3. The monoisotopic (exact) mass is 483 g/mol. The van der Waals surface area contributed by atoms with Gasteiger partial charge in [-0.05, 0) is 24.1 Å². The zero-order valence-electron chi connectivity index (χ0n) is 15.8. The summed E-state index contributed by atoms with van der Waals surface area (Å²) >= 11 is 6.07. The Hall–Kier alpha value is -3.19. The van der Waals surface area contributed by atoms with Crippen LogP contribution < -0.4 is 5.73 Å². The van der Waals surface area contributed by atoms with Crippen LogP contribution in [0.25, 0.3) is 10.8 Å². The van der Waals surface area contributed by atoms with Gasteiger partial charge in [0.05, 0.1) is 16.0 Å². The second-order valence-electron chi connectivity index (χ2n) is 7.57. The lowest BCUT2D eigenvalue weighted by Crippen LogP contribution is -2.56. The van der Waals surface area contributed by atoms with Gasteiger partial charge in [0.15, 0.2) is 11.4 Å². The number of ketones is 2. The van der Waals surface area contributed by atoms with E-state index < -0.39 is 84.2 Å². The van der Waals surface area contributed by atoms with Gasteiger partial charge in [0, 0.05) is 17.7 Å². The highest BCUT2D eigenvalue weighted by Crippen LogP contribution is 2.50. The van der Waals surface area contributed by atoms with Crippen molar-refractivity contribution in [2.24, 2.45) is 11.7 Å². The van der Waals surface area contributed by atoms with Crippen molar-refractivity contribution in [3.63, 3.8) is 0 Å². The Labute approximate surface area is 184 Å². The molecule has 2 aromatic carbocycles. The fourth-order valence-corrected chi connectivity index (χ4v) is 5.30. The lowest BCUT2D eigenvalue weighted by Gasteiger charge is -2.41. The van der Waals surface area contributed by atoms with E-state index in [0.717, 1.165) is 6.07 Å². The Morgan fingerprint density at radius 1 is 1.12 bits per heavy atom. The van der Waals surface area contributed by atoms with Crippen LogP contribution in [-0.2, 0) is 26.1 Å². The number of fused-ring (bicyclic) bond motifs is 3. The molecule has 2 atom stereocenters. The number of aliphatic hydroxyl groups excluding tert-OH is 1. The summed E-state index contributed by atoms with van der Waals surface area (Å²) in [6.07, 6.45) is -0.746. The number of primary amides is 1. The van der Waals surface area contributed by atoms with Crippen LogP contribution in [0, 0.1) is 5.92 Å². The van der Waals surface area contributed by atoms with E-state index in [1.807, 2.05) is 0 Å². The first-order valence-electron chi connectivity index (χ1n) is 8.92. The molecule has 11 nitrogen and oxygen atoms in total. The molecule has 0 aromatic heterocycles. The predicted molar refractivity (Wildman–Crippen MR) is 107 cm³/mol. The molecular weight excluding hydrogens is 470 g/mol. The van der Waals surface area contributed by atoms with Crippen molar-refractivity contribution in [1.82, 2.24) is 0 Å². The van der Waals surface area contributed by atoms with Crippen molar-refractivity contribution in [2.45, 2.75) is 23.3 Å². The van der Waals surface area contributed by atoms with E-state index in [9.17, 15) is 47.8 Å². The van der Waals surface area contributed by atoms with Crippen LogP contribution in [0.3, 0.4) is 0 Å². The van der Waals surface area contributed by atoms with Gasteiger partial charge in [-0.1, -0.05) is 11.6 Å². The number of rotatable bonds is 2. The maximum absolute atomic E-state index is 13.3. The standard InChI is InChI=1S/C19H14ClNO10S/c20-8-4-10(32(29,30)31)14(23)12-7(8)2-5-1-6-3-9(22)13(18(21)27)17(26)19(6,28)16(25)11(5)15(12)24/h2,4,6,23-24,26,28H,1,3H2,(H2,21,27)(H,29,30,31). The molecule has 0 aliphatic heterocycles. The van der Waals surface area contributed by atoms with Gasteiger partial charge in [0.2, 0.25) is 5.78 Å². The molecule has 2 unspecified atom stereocenters. The first kappa shape index (κ1) is 22.0. The smallest absolute Gasteiger partial charge is 0.298 e. The quantitative estimate of drug-likeness (QED) is 0.257. The fourth-order valence-electron chi connectivity index (χ4n) is 4.36. The van der Waals surface area contributed by atoms with Crippen molar-refractivity contribution in [1.29, 1.82) is 0 Å². The third-order valence-electron chi connectivity index (χ3n) is 5.83. The van der Waals surface area contributed by atoms with E-state index >= 15 is 0 Å². The van der Waals surface area contributed by atoms with Crippen LogP contribution in [0.15, 0.2) is 28.4 Å². The van der Waals surface area contributed by atoms with Gasteiger partial charge in [0.25, 0.3) is 16.0 Å². The summed E-state index contributed by atoms with van der Waals surface area (Å²) in [6.45, 7) is 0. The molecular formula is C19H14ClNO10S. The fraction of sp³-hybridized carbons (Fsp3) is 0.211. The molecule has 1 amide bonds. The van der Waals surface area contributed by atoms with Crippen molar-refractivity contribution < 1.29 is 47.8 Å². The van der Waals surface area contributed by atoms with E-state index in [1.54, 1.807) is 0 Å². The molecule has 0 bridgehead atoms. The van der Waals surface area contributed by atoms with Gasteiger partial charge in [0.1, 0.15) is 27.7 Å². The molecule has 4 rings (SSSR count). The van der Waals surface area contributed by atoms with E-state index in [4.69, 9.17) is 17.3 Å². The number of phenolic OH excluding ortho intramolecular Hbond substituents is 2. The number of nitrogens with two attached hydrogens (primary N) is 1. The maximum atomic E-state index is 13.3. The Kier molecular flexibility index (Phi) is 4.58. The third kappa shape index (κ3) is 2.73. The van der Waals surface area contributed by atoms with E-state index in [1.165, 1.54) is 6.07 Å². The SMILES string of the molecule is NC(=O)C1=C(O)C2(O)C(=O)c3c(cc4c(Cl)cc(S(=O)(=O)O)c(O)c4c3O)CC2CC1=O. The van der Waals surface area contributed by atoms with Crippen LogP contribution in [0.5, 0.6) is 11.5 Å². The van der Waals surface area contributed by atoms with Gasteiger partial charge in [-0.15, -0.1) is 0 Å². The minimum atomic E-state index is -4.98. The van der Waals surface area contributed by atoms with Gasteiger partial charge < -0.3 is 26.2 Å². The molecule has 0 saturated heterocycles. The number of hydrogen-bond donors (Lipinski definition) is 6. The Balaban J connectivity index is 2.08. The lowest BCUT2D eigenvalue weighted by atomic mass is 9.64. The van der Waals surface area contributed by atoms with Crippen LogP contribution >= 0.6 is 11.6 Å². The highest BCUT2D eigenvalue weighted by atomic mass is 35.5. The Bertz CT molecular complexity index is 1430. The average Bonchev–Trinajstić information content (AvgIpc) is 2.66. The highest BCUT2D eigenvalue weighted by molar-refractivity contribution is 7.86. The van der Waals surface area contributed by atoms with E-state index in [0.29, 0.717) is 0 Å². The number of benzene rings is 2. The highest BCUT2D eigenvalue weighted by Gasteiger charge is 2.58.